The molecule has 0 spiro atoms. The van der Waals surface area contributed by atoms with Gasteiger partial charge in [0.05, 0.1) is 12.8 Å². The molecular formula is C14H18N2OS. The van der Waals surface area contributed by atoms with Crippen LogP contribution >= 0.6 is 11.3 Å². The summed E-state index contributed by atoms with van der Waals surface area (Å²) >= 11 is 1.63. The Hall–Kier alpha value is -1.55. The van der Waals surface area contributed by atoms with E-state index in [2.05, 4.69) is 36.5 Å². The van der Waals surface area contributed by atoms with Crippen molar-refractivity contribution in [2.45, 2.75) is 26.2 Å². The van der Waals surface area contributed by atoms with Crippen LogP contribution in [0.25, 0.3) is 0 Å². The Morgan fingerprint density at radius 3 is 2.33 bits per heavy atom. The monoisotopic (exact) mass is 262 g/mol. The zero-order valence-corrected chi connectivity index (χ0v) is 12.0. The second kappa shape index (κ2) is 4.98. The number of rotatable bonds is 3. The molecule has 1 heterocycles. The minimum absolute atomic E-state index is 0.0936. The summed E-state index contributed by atoms with van der Waals surface area (Å²) < 4.78 is 5.13. The molecule has 0 aliphatic carbocycles. The van der Waals surface area contributed by atoms with Gasteiger partial charge in [-0.1, -0.05) is 20.8 Å². The van der Waals surface area contributed by atoms with Crippen LogP contribution in [0.1, 0.15) is 26.5 Å². The summed E-state index contributed by atoms with van der Waals surface area (Å²) in [5.41, 5.74) is 2.23. The Morgan fingerprint density at radius 1 is 1.17 bits per heavy atom. The zero-order chi connectivity index (χ0) is 13.2. The normalized spacial score (nSPS) is 11.3. The summed E-state index contributed by atoms with van der Waals surface area (Å²) in [6.07, 6.45) is 0. The first-order chi connectivity index (χ1) is 8.49. The molecule has 0 amide bonds. The third kappa shape index (κ3) is 3.01. The first kappa shape index (κ1) is 12.9. The largest absolute Gasteiger partial charge is 0.497 e. The molecule has 0 bridgehead atoms. The van der Waals surface area contributed by atoms with Gasteiger partial charge in [-0.15, -0.1) is 11.3 Å². The van der Waals surface area contributed by atoms with Crippen molar-refractivity contribution in [3.63, 3.8) is 0 Å². The number of benzene rings is 1. The van der Waals surface area contributed by atoms with Gasteiger partial charge >= 0.3 is 0 Å². The molecule has 3 nitrogen and oxygen atoms in total. The van der Waals surface area contributed by atoms with E-state index in [4.69, 9.17) is 4.74 Å². The molecule has 1 N–H and O–H groups in total. The van der Waals surface area contributed by atoms with Gasteiger partial charge in [0.1, 0.15) is 5.75 Å². The van der Waals surface area contributed by atoms with Crippen LogP contribution in [-0.2, 0) is 5.41 Å². The van der Waals surface area contributed by atoms with Gasteiger partial charge in [0.15, 0.2) is 5.13 Å². The summed E-state index contributed by atoms with van der Waals surface area (Å²) in [6.45, 7) is 6.50. The highest BCUT2D eigenvalue weighted by molar-refractivity contribution is 7.13. The number of aromatic nitrogens is 1. The summed E-state index contributed by atoms with van der Waals surface area (Å²) in [5, 5.41) is 6.32. The fourth-order valence-electron chi connectivity index (χ4n) is 1.47. The smallest absolute Gasteiger partial charge is 0.187 e. The van der Waals surface area contributed by atoms with E-state index in [1.165, 1.54) is 0 Å². The summed E-state index contributed by atoms with van der Waals surface area (Å²) in [6, 6.07) is 7.83. The highest BCUT2D eigenvalue weighted by Crippen LogP contribution is 2.28. The SMILES string of the molecule is COc1ccc(Nc2nc(C(C)(C)C)cs2)cc1. The Balaban J connectivity index is 2.11. The molecule has 0 saturated heterocycles. The van der Waals surface area contributed by atoms with E-state index in [0.29, 0.717) is 0 Å². The first-order valence-corrected chi connectivity index (χ1v) is 6.74. The minimum Gasteiger partial charge on any atom is -0.497 e. The van der Waals surface area contributed by atoms with Crippen molar-refractivity contribution in [3.8, 4) is 5.75 Å². The number of nitrogens with one attached hydrogen (secondary N) is 1. The van der Waals surface area contributed by atoms with Crippen molar-refractivity contribution in [3.05, 3.63) is 35.3 Å². The first-order valence-electron chi connectivity index (χ1n) is 5.86. The van der Waals surface area contributed by atoms with Gasteiger partial charge in [-0.3, -0.25) is 0 Å². The molecule has 2 rings (SSSR count). The van der Waals surface area contributed by atoms with Crippen molar-refractivity contribution in [1.29, 1.82) is 0 Å². The third-order valence-corrected chi connectivity index (χ3v) is 3.37. The van der Waals surface area contributed by atoms with Crippen LogP contribution in [0.5, 0.6) is 5.75 Å². The van der Waals surface area contributed by atoms with Crippen molar-refractivity contribution < 1.29 is 4.74 Å². The molecular weight excluding hydrogens is 244 g/mol. The molecule has 96 valence electrons. The van der Waals surface area contributed by atoms with Crippen LogP contribution in [0, 0.1) is 0 Å². The Labute approximate surface area is 112 Å². The molecule has 18 heavy (non-hydrogen) atoms. The van der Waals surface area contributed by atoms with Gasteiger partial charge in [0.2, 0.25) is 0 Å². The van der Waals surface area contributed by atoms with E-state index in [9.17, 15) is 0 Å². The maximum absolute atomic E-state index is 5.13. The van der Waals surface area contributed by atoms with E-state index < -0.39 is 0 Å². The third-order valence-electron chi connectivity index (χ3n) is 2.61. The van der Waals surface area contributed by atoms with E-state index in [0.717, 1.165) is 22.3 Å². The maximum Gasteiger partial charge on any atom is 0.187 e. The van der Waals surface area contributed by atoms with Crippen LogP contribution in [-0.4, -0.2) is 12.1 Å². The fraction of sp³-hybridized carbons (Fsp3) is 0.357. The predicted molar refractivity (Wildman–Crippen MR) is 77.1 cm³/mol. The molecule has 0 atom stereocenters. The van der Waals surface area contributed by atoms with E-state index in [1.54, 1.807) is 18.4 Å². The molecule has 0 aliphatic heterocycles. The van der Waals surface area contributed by atoms with Crippen LogP contribution in [0.2, 0.25) is 0 Å². The second-order valence-corrected chi connectivity index (χ2v) is 6.00. The Bertz CT molecular complexity index is 511. The molecule has 1 aromatic heterocycles. The zero-order valence-electron chi connectivity index (χ0n) is 11.2. The number of thiazole rings is 1. The number of anilines is 2. The van der Waals surface area contributed by atoms with E-state index in [1.807, 2.05) is 24.3 Å². The minimum atomic E-state index is 0.0936. The van der Waals surface area contributed by atoms with Crippen LogP contribution in [0.15, 0.2) is 29.6 Å². The van der Waals surface area contributed by atoms with Crippen molar-refractivity contribution in [1.82, 2.24) is 4.98 Å². The second-order valence-electron chi connectivity index (χ2n) is 5.14. The quantitative estimate of drug-likeness (QED) is 0.900. The molecule has 0 fully saturated rings. The predicted octanol–water partition coefficient (Wildman–Crippen LogP) is 4.19. The average molecular weight is 262 g/mol. The molecule has 2 aromatic rings. The molecule has 0 aliphatic rings. The summed E-state index contributed by atoms with van der Waals surface area (Å²) in [4.78, 5) is 4.60. The van der Waals surface area contributed by atoms with Gasteiger partial charge in [-0.25, -0.2) is 4.98 Å². The highest BCUT2D eigenvalue weighted by Gasteiger charge is 2.17. The van der Waals surface area contributed by atoms with Crippen molar-refractivity contribution >= 4 is 22.2 Å². The number of nitrogens with zero attached hydrogens (tertiary/aromatic N) is 1. The Morgan fingerprint density at radius 2 is 1.83 bits per heavy atom. The topological polar surface area (TPSA) is 34.1 Å². The van der Waals surface area contributed by atoms with Gasteiger partial charge in [-0.2, -0.15) is 0 Å². The molecule has 4 heteroatoms. The lowest BCUT2D eigenvalue weighted by molar-refractivity contribution is 0.415. The lowest BCUT2D eigenvalue weighted by Gasteiger charge is -2.14. The van der Waals surface area contributed by atoms with Crippen LogP contribution in [0.4, 0.5) is 10.8 Å². The van der Waals surface area contributed by atoms with Crippen molar-refractivity contribution in [2.24, 2.45) is 0 Å². The molecule has 0 radical (unpaired) electrons. The molecule has 0 saturated carbocycles. The number of hydrogen-bond acceptors (Lipinski definition) is 4. The maximum atomic E-state index is 5.13. The summed E-state index contributed by atoms with van der Waals surface area (Å²) in [7, 11) is 1.67. The summed E-state index contributed by atoms with van der Waals surface area (Å²) in [5.74, 6) is 0.857. The van der Waals surface area contributed by atoms with Crippen LogP contribution in [0.3, 0.4) is 0 Å². The lowest BCUT2D eigenvalue weighted by Crippen LogP contribution is -2.11. The number of hydrogen-bond donors (Lipinski definition) is 1. The van der Waals surface area contributed by atoms with Gasteiger partial charge in [0.25, 0.3) is 0 Å². The van der Waals surface area contributed by atoms with Gasteiger partial charge < -0.3 is 10.1 Å². The van der Waals surface area contributed by atoms with Gasteiger partial charge in [-0.05, 0) is 24.3 Å². The number of ether oxygens (including phenoxy) is 1. The van der Waals surface area contributed by atoms with E-state index >= 15 is 0 Å². The molecule has 1 aromatic carbocycles. The lowest BCUT2D eigenvalue weighted by atomic mass is 9.93. The fourth-order valence-corrected chi connectivity index (χ4v) is 2.43. The van der Waals surface area contributed by atoms with Gasteiger partial charge in [0, 0.05) is 16.5 Å². The number of methoxy groups -OCH3 is 1. The standard InChI is InChI=1S/C14H18N2OS/c1-14(2,3)12-9-18-13(16-12)15-10-5-7-11(17-4)8-6-10/h5-9H,1-4H3,(H,15,16). The molecule has 0 unspecified atom stereocenters. The highest BCUT2D eigenvalue weighted by atomic mass is 32.1. The Kier molecular flexibility index (Phi) is 3.57. The van der Waals surface area contributed by atoms with E-state index in [-0.39, 0.29) is 5.41 Å². The van der Waals surface area contributed by atoms with Crippen molar-refractivity contribution in [2.75, 3.05) is 12.4 Å². The van der Waals surface area contributed by atoms with Crippen LogP contribution < -0.4 is 10.1 Å². The average Bonchev–Trinajstić information content (AvgIpc) is 2.78.